The van der Waals surface area contributed by atoms with Crippen LogP contribution in [-0.2, 0) is 26.9 Å². The second-order valence-electron chi connectivity index (χ2n) is 3.73. The van der Waals surface area contributed by atoms with E-state index in [9.17, 15) is 16.8 Å². The van der Waals surface area contributed by atoms with Crippen molar-refractivity contribution in [2.75, 3.05) is 22.5 Å². The lowest BCUT2D eigenvalue weighted by Gasteiger charge is -2.04. The minimum absolute atomic E-state index is 0.0698. The number of aromatic nitrogens is 2. The summed E-state index contributed by atoms with van der Waals surface area (Å²) >= 11 is 0. The smallest absolute Gasteiger partial charge is 0.234 e. The highest BCUT2D eigenvalue weighted by Gasteiger charge is 2.18. The monoisotopic (exact) mass is 292 g/mol. The molecule has 1 heterocycles. The van der Waals surface area contributed by atoms with Crippen molar-refractivity contribution in [2.45, 2.75) is 0 Å². The van der Waals surface area contributed by atoms with Crippen LogP contribution >= 0.6 is 0 Å². The van der Waals surface area contributed by atoms with Crippen LogP contribution in [0.1, 0.15) is 5.56 Å². The van der Waals surface area contributed by atoms with Crippen LogP contribution < -0.4 is 4.72 Å². The number of nitrogens with zero attached hydrogens (tertiary/aromatic N) is 3. The Bertz CT molecular complexity index is 681. The highest BCUT2D eigenvalue weighted by molar-refractivity contribution is 7.95. The number of sulfone groups is 1. The van der Waals surface area contributed by atoms with Gasteiger partial charge in [0, 0.05) is 19.5 Å². The van der Waals surface area contributed by atoms with Crippen molar-refractivity contribution in [3.8, 4) is 6.07 Å². The molecule has 100 valence electrons. The molecule has 0 amide bonds. The van der Waals surface area contributed by atoms with Crippen LogP contribution in [0.3, 0.4) is 0 Å². The molecule has 1 N–H and O–H groups in total. The van der Waals surface area contributed by atoms with Gasteiger partial charge in [-0.25, -0.2) is 16.8 Å². The molecule has 0 aliphatic rings. The van der Waals surface area contributed by atoms with E-state index < -0.39 is 31.4 Å². The van der Waals surface area contributed by atoms with Crippen molar-refractivity contribution in [3.63, 3.8) is 0 Å². The van der Waals surface area contributed by atoms with Gasteiger partial charge in [-0.1, -0.05) is 0 Å². The van der Waals surface area contributed by atoms with E-state index in [0.717, 1.165) is 6.26 Å². The van der Waals surface area contributed by atoms with Crippen LogP contribution in [0.5, 0.6) is 0 Å². The SMILES string of the molecule is Cn1cc(C#N)c(NS(=O)(=O)CCS(C)(=O)=O)n1. The molecule has 8 nitrogen and oxygen atoms in total. The second-order valence-corrected chi connectivity index (χ2v) is 7.83. The molecule has 1 rings (SSSR count). The molecule has 18 heavy (non-hydrogen) atoms. The van der Waals surface area contributed by atoms with Gasteiger partial charge in [0.25, 0.3) is 0 Å². The van der Waals surface area contributed by atoms with E-state index in [0.29, 0.717) is 0 Å². The Morgan fingerprint density at radius 3 is 2.50 bits per heavy atom. The van der Waals surface area contributed by atoms with Gasteiger partial charge in [0.05, 0.1) is 11.5 Å². The van der Waals surface area contributed by atoms with Gasteiger partial charge < -0.3 is 0 Å². The van der Waals surface area contributed by atoms with E-state index in [1.54, 1.807) is 6.07 Å². The predicted molar refractivity (Wildman–Crippen MR) is 65.0 cm³/mol. The van der Waals surface area contributed by atoms with E-state index in [1.165, 1.54) is 17.9 Å². The number of rotatable bonds is 5. The molecule has 0 fully saturated rings. The number of nitriles is 1. The summed E-state index contributed by atoms with van der Waals surface area (Å²) in [6.07, 6.45) is 2.30. The lowest BCUT2D eigenvalue weighted by Crippen LogP contribution is -2.23. The summed E-state index contributed by atoms with van der Waals surface area (Å²) in [5.74, 6) is -1.17. The molecule has 10 heteroatoms. The Labute approximate surface area is 105 Å². The Balaban J connectivity index is 2.87. The first-order chi connectivity index (χ1) is 8.13. The molecule has 0 aliphatic heterocycles. The van der Waals surface area contributed by atoms with Crippen molar-refractivity contribution in [1.82, 2.24) is 9.78 Å². The number of anilines is 1. The van der Waals surface area contributed by atoms with Gasteiger partial charge in [0.2, 0.25) is 10.0 Å². The summed E-state index contributed by atoms with van der Waals surface area (Å²) in [5, 5.41) is 12.5. The molecule has 0 radical (unpaired) electrons. The quantitative estimate of drug-likeness (QED) is 0.748. The standard InChI is InChI=1S/C8H12N4O4S2/c1-12-6-7(5-9)8(10-12)11-18(15,16)4-3-17(2,13)14/h6H,3-4H2,1-2H3,(H,10,11). The zero-order valence-corrected chi connectivity index (χ0v) is 11.4. The van der Waals surface area contributed by atoms with Crippen LogP contribution in [0.4, 0.5) is 5.82 Å². The Morgan fingerprint density at radius 2 is 2.00 bits per heavy atom. The summed E-state index contributed by atoms with van der Waals surface area (Å²) in [7, 11) is -5.68. The van der Waals surface area contributed by atoms with Gasteiger partial charge in [-0.2, -0.15) is 10.4 Å². The highest BCUT2D eigenvalue weighted by Crippen LogP contribution is 2.12. The van der Waals surface area contributed by atoms with Crippen molar-refractivity contribution < 1.29 is 16.8 Å². The van der Waals surface area contributed by atoms with Crippen molar-refractivity contribution in [2.24, 2.45) is 7.05 Å². The number of aryl methyl sites for hydroxylation is 1. The molecule has 0 aromatic carbocycles. The van der Waals surface area contributed by atoms with Crippen molar-refractivity contribution >= 4 is 25.7 Å². The van der Waals surface area contributed by atoms with E-state index in [-0.39, 0.29) is 11.4 Å². The van der Waals surface area contributed by atoms with Crippen LogP contribution in [0.25, 0.3) is 0 Å². The van der Waals surface area contributed by atoms with E-state index in [4.69, 9.17) is 5.26 Å². The van der Waals surface area contributed by atoms with Gasteiger partial charge in [-0.3, -0.25) is 9.40 Å². The largest absolute Gasteiger partial charge is 0.272 e. The highest BCUT2D eigenvalue weighted by atomic mass is 32.2. The summed E-state index contributed by atoms with van der Waals surface area (Å²) in [6.45, 7) is 0. The van der Waals surface area contributed by atoms with Gasteiger partial charge >= 0.3 is 0 Å². The molecule has 0 saturated heterocycles. The van der Waals surface area contributed by atoms with E-state index in [2.05, 4.69) is 9.82 Å². The Morgan fingerprint density at radius 1 is 1.39 bits per heavy atom. The third-order valence-corrected chi connectivity index (χ3v) is 4.37. The molecule has 0 atom stereocenters. The lowest BCUT2D eigenvalue weighted by atomic mass is 10.4. The molecule has 0 saturated carbocycles. The molecule has 0 unspecified atom stereocenters. The average Bonchev–Trinajstić information content (AvgIpc) is 2.54. The lowest BCUT2D eigenvalue weighted by molar-refractivity contribution is 0.593. The van der Waals surface area contributed by atoms with Gasteiger partial charge in [-0.15, -0.1) is 0 Å². The normalized spacial score (nSPS) is 12.1. The van der Waals surface area contributed by atoms with Crippen LogP contribution in [0.2, 0.25) is 0 Å². The molecule has 1 aromatic rings. The number of hydrogen-bond acceptors (Lipinski definition) is 6. The number of nitrogens with one attached hydrogen (secondary N) is 1. The first-order valence-corrected chi connectivity index (χ1v) is 8.46. The Hall–Kier alpha value is -1.60. The zero-order chi connectivity index (χ0) is 14.0. The molecule has 0 aliphatic carbocycles. The fourth-order valence-corrected chi connectivity index (χ4v) is 3.74. The third-order valence-electron chi connectivity index (χ3n) is 1.92. The molecular formula is C8H12N4O4S2. The van der Waals surface area contributed by atoms with E-state index >= 15 is 0 Å². The second kappa shape index (κ2) is 4.95. The fraction of sp³-hybridized carbons (Fsp3) is 0.500. The van der Waals surface area contributed by atoms with Crippen molar-refractivity contribution in [3.05, 3.63) is 11.8 Å². The van der Waals surface area contributed by atoms with Gasteiger partial charge in [0.15, 0.2) is 5.82 Å². The average molecular weight is 292 g/mol. The topological polar surface area (TPSA) is 122 Å². The van der Waals surface area contributed by atoms with Crippen LogP contribution in [0.15, 0.2) is 6.20 Å². The maximum atomic E-state index is 11.6. The molecular weight excluding hydrogens is 280 g/mol. The zero-order valence-electron chi connectivity index (χ0n) is 9.78. The summed E-state index contributed by atoms with van der Waals surface area (Å²) in [6, 6.07) is 1.78. The third kappa shape index (κ3) is 4.34. The minimum atomic E-state index is -3.84. The Kier molecular flexibility index (Phi) is 3.98. The van der Waals surface area contributed by atoms with E-state index in [1.807, 2.05) is 0 Å². The predicted octanol–water partition coefficient (Wildman–Crippen LogP) is -0.922. The maximum absolute atomic E-state index is 11.6. The number of hydrogen-bond donors (Lipinski definition) is 1. The molecule has 0 spiro atoms. The minimum Gasteiger partial charge on any atom is -0.272 e. The van der Waals surface area contributed by atoms with Crippen molar-refractivity contribution in [1.29, 1.82) is 5.26 Å². The van der Waals surface area contributed by atoms with Crippen LogP contribution in [-0.4, -0.2) is 44.4 Å². The number of sulfonamides is 1. The first kappa shape index (κ1) is 14.5. The molecule has 1 aromatic heterocycles. The maximum Gasteiger partial charge on any atom is 0.234 e. The summed E-state index contributed by atoms with van der Waals surface area (Å²) < 4.78 is 48.3. The van der Waals surface area contributed by atoms with Gasteiger partial charge in [-0.05, 0) is 0 Å². The van der Waals surface area contributed by atoms with Gasteiger partial charge in [0.1, 0.15) is 21.5 Å². The van der Waals surface area contributed by atoms with Crippen LogP contribution in [0, 0.1) is 11.3 Å². The first-order valence-electron chi connectivity index (χ1n) is 4.75. The molecule has 0 bridgehead atoms. The summed E-state index contributed by atoms with van der Waals surface area (Å²) in [5.41, 5.74) is 0.0698. The summed E-state index contributed by atoms with van der Waals surface area (Å²) in [4.78, 5) is 0. The fourth-order valence-electron chi connectivity index (χ4n) is 1.11.